The average molecular weight is 725 g/mol. The fraction of sp³-hybridized carbons (Fsp3) is 0.514. The van der Waals surface area contributed by atoms with Gasteiger partial charge in [-0.3, -0.25) is 19.2 Å². The van der Waals surface area contributed by atoms with Crippen molar-refractivity contribution in [2.45, 2.75) is 81.2 Å². The Balaban J connectivity index is 1.51. The second-order valence-electron chi connectivity index (χ2n) is 13.2. The molecule has 3 aliphatic rings. The number of fused-ring (bicyclic) bond motifs is 2. The number of carbonyl (C=O) groups excluding carboxylic acids is 4. The highest BCUT2D eigenvalue weighted by atomic mass is 79.9. The van der Waals surface area contributed by atoms with Crippen LogP contribution in [-0.4, -0.2) is 88.1 Å². The highest BCUT2D eigenvalue weighted by Gasteiger charge is 2.77. The lowest BCUT2D eigenvalue weighted by Crippen LogP contribution is -2.60. The van der Waals surface area contributed by atoms with Crippen LogP contribution >= 0.6 is 15.9 Å². The van der Waals surface area contributed by atoms with E-state index < -0.39 is 53.6 Å². The maximum atomic E-state index is 15.0. The SMILES string of the molecule is C=CCCC(=O)NC[C@H](C)OC(=O)[C@@H]1[C@H]2O[C@@]3(CC2Br)[C@H](C(=O)N(CC=C)c2ccc4ccccc4c2)N([C@@H](CO)[C@@H](C)CC)C(=O)[C@@H]13. The molecule has 10 nitrogen and oxygen atoms in total. The molecule has 1 unspecified atom stereocenters. The van der Waals surface area contributed by atoms with Gasteiger partial charge in [0.05, 0.1) is 37.1 Å². The molecule has 2 aromatic carbocycles. The van der Waals surface area contributed by atoms with Crippen LogP contribution in [0.3, 0.4) is 0 Å². The monoisotopic (exact) mass is 723 g/mol. The Labute approximate surface area is 290 Å². The van der Waals surface area contributed by atoms with Crippen LogP contribution in [0.4, 0.5) is 5.69 Å². The van der Waals surface area contributed by atoms with Crippen molar-refractivity contribution in [1.29, 1.82) is 0 Å². The minimum atomic E-state index is -1.34. The summed E-state index contributed by atoms with van der Waals surface area (Å²) in [6.45, 7) is 13.0. The van der Waals surface area contributed by atoms with Crippen LogP contribution in [0, 0.1) is 17.8 Å². The number of likely N-dealkylation sites (tertiary alicyclic amines) is 1. The number of amides is 3. The van der Waals surface area contributed by atoms with Gasteiger partial charge < -0.3 is 29.7 Å². The molecule has 3 amide bonds. The fourth-order valence-electron chi connectivity index (χ4n) is 7.63. The number of alkyl halides is 1. The Hall–Kier alpha value is -3.54. The van der Waals surface area contributed by atoms with Crippen molar-refractivity contribution >= 4 is 56.1 Å². The zero-order valence-electron chi connectivity index (χ0n) is 27.8. The molecule has 2 bridgehead atoms. The van der Waals surface area contributed by atoms with Gasteiger partial charge >= 0.3 is 5.97 Å². The maximum Gasteiger partial charge on any atom is 0.312 e. The molecule has 3 aliphatic heterocycles. The quantitative estimate of drug-likeness (QED) is 0.157. The molecule has 48 heavy (non-hydrogen) atoms. The van der Waals surface area contributed by atoms with Crippen molar-refractivity contribution in [3.63, 3.8) is 0 Å². The van der Waals surface area contributed by atoms with Crippen molar-refractivity contribution < 1.29 is 33.8 Å². The predicted octanol–water partition coefficient (Wildman–Crippen LogP) is 4.53. The lowest BCUT2D eigenvalue weighted by atomic mass is 9.70. The number of halogens is 1. The molecule has 0 radical (unpaired) electrons. The summed E-state index contributed by atoms with van der Waals surface area (Å²) >= 11 is 3.71. The summed E-state index contributed by atoms with van der Waals surface area (Å²) in [6.07, 6.45) is 3.71. The number of rotatable bonds is 15. The smallest absolute Gasteiger partial charge is 0.312 e. The van der Waals surface area contributed by atoms with Crippen molar-refractivity contribution in [1.82, 2.24) is 10.2 Å². The summed E-state index contributed by atoms with van der Waals surface area (Å²) in [4.78, 5) is 58.5. The van der Waals surface area contributed by atoms with E-state index in [9.17, 15) is 19.5 Å². The number of allylic oxidation sites excluding steroid dienone is 1. The first kappa shape index (κ1) is 35.8. The molecule has 3 saturated heterocycles. The second kappa shape index (κ2) is 14.9. The molecule has 11 heteroatoms. The fourth-order valence-corrected chi connectivity index (χ4v) is 8.57. The molecule has 0 aliphatic carbocycles. The highest BCUT2D eigenvalue weighted by Crippen LogP contribution is 2.61. The van der Waals surface area contributed by atoms with E-state index in [4.69, 9.17) is 9.47 Å². The lowest BCUT2D eigenvalue weighted by molar-refractivity contribution is -0.160. The summed E-state index contributed by atoms with van der Waals surface area (Å²) in [5.41, 5.74) is -0.700. The Morgan fingerprint density at radius 1 is 1.19 bits per heavy atom. The lowest BCUT2D eigenvalue weighted by Gasteiger charge is -2.41. The van der Waals surface area contributed by atoms with Crippen LogP contribution in [0.25, 0.3) is 10.8 Å². The number of aliphatic hydroxyl groups is 1. The van der Waals surface area contributed by atoms with Gasteiger partial charge in [0.2, 0.25) is 11.8 Å². The number of carbonyl (C=O) groups is 4. The number of anilines is 1. The van der Waals surface area contributed by atoms with Gasteiger partial charge in [-0.25, -0.2) is 0 Å². The van der Waals surface area contributed by atoms with Crippen molar-refractivity contribution in [2.75, 3.05) is 24.6 Å². The number of hydrogen-bond acceptors (Lipinski definition) is 7. The first-order valence-corrected chi connectivity index (χ1v) is 17.7. The minimum absolute atomic E-state index is 0.109. The van der Waals surface area contributed by atoms with Crippen LogP contribution in [0.5, 0.6) is 0 Å². The third-order valence-electron chi connectivity index (χ3n) is 10.2. The van der Waals surface area contributed by atoms with Gasteiger partial charge in [0.15, 0.2) is 0 Å². The van der Waals surface area contributed by atoms with E-state index in [1.54, 1.807) is 24.0 Å². The summed E-state index contributed by atoms with van der Waals surface area (Å²) in [5, 5.41) is 15.4. The van der Waals surface area contributed by atoms with Gasteiger partial charge in [0, 0.05) is 23.5 Å². The largest absolute Gasteiger partial charge is 0.460 e. The molecule has 3 fully saturated rings. The molecule has 1 spiro atoms. The van der Waals surface area contributed by atoms with E-state index in [1.807, 2.05) is 56.3 Å². The molecule has 0 saturated carbocycles. The molecule has 2 N–H and O–H groups in total. The minimum Gasteiger partial charge on any atom is -0.460 e. The van der Waals surface area contributed by atoms with Gasteiger partial charge in [0.1, 0.15) is 17.7 Å². The predicted molar refractivity (Wildman–Crippen MR) is 187 cm³/mol. The second-order valence-corrected chi connectivity index (χ2v) is 14.4. The van der Waals surface area contributed by atoms with E-state index in [2.05, 4.69) is 34.4 Å². The van der Waals surface area contributed by atoms with E-state index >= 15 is 4.79 Å². The van der Waals surface area contributed by atoms with Crippen molar-refractivity contribution in [3.05, 3.63) is 67.8 Å². The summed E-state index contributed by atoms with van der Waals surface area (Å²) in [7, 11) is 0. The normalized spacial score (nSPS) is 27.6. The zero-order valence-corrected chi connectivity index (χ0v) is 29.4. The van der Waals surface area contributed by atoms with Crippen LogP contribution in [0.15, 0.2) is 67.8 Å². The number of benzene rings is 2. The Morgan fingerprint density at radius 3 is 2.58 bits per heavy atom. The maximum absolute atomic E-state index is 15.0. The van der Waals surface area contributed by atoms with Gasteiger partial charge in [0.25, 0.3) is 5.91 Å². The molecular weight excluding hydrogens is 678 g/mol. The summed E-state index contributed by atoms with van der Waals surface area (Å²) in [6, 6.07) is 11.8. The summed E-state index contributed by atoms with van der Waals surface area (Å²) < 4.78 is 12.5. The third-order valence-corrected chi connectivity index (χ3v) is 11.0. The Bertz CT molecular complexity index is 1570. The van der Waals surface area contributed by atoms with Crippen LogP contribution in [-0.2, 0) is 28.7 Å². The summed E-state index contributed by atoms with van der Waals surface area (Å²) in [5.74, 6) is -3.70. The molecule has 2 aromatic rings. The number of esters is 1. The van der Waals surface area contributed by atoms with E-state index in [1.165, 1.54) is 4.90 Å². The molecule has 9 atom stereocenters. The van der Waals surface area contributed by atoms with Gasteiger partial charge in [-0.2, -0.15) is 0 Å². The van der Waals surface area contributed by atoms with Gasteiger partial charge in [-0.05, 0) is 48.6 Å². The standard InChI is InChI=1S/C37H46BrN3O7/c1-6-9-14-29(43)39-20-23(5)47-36(46)30-31-34(44)41(28(21-42)22(4)8-3)33(37(31)19-27(38)32(30)48-37)35(45)40(17-7-2)26-16-15-24-12-10-11-13-25(24)18-26/h6-7,10-13,15-16,18,22-23,27-28,30-33,42H,1-2,8-9,14,17,19-21H2,3-5H3,(H,39,43)/t22-,23-,27?,28-,30-,31+,32-,33-,37+/m0/s1. The zero-order chi connectivity index (χ0) is 34.7. The number of hydrogen-bond donors (Lipinski definition) is 2. The first-order chi connectivity index (χ1) is 23.0. The van der Waals surface area contributed by atoms with Crippen LogP contribution < -0.4 is 10.2 Å². The van der Waals surface area contributed by atoms with E-state index in [-0.39, 0.29) is 48.7 Å². The third kappa shape index (κ3) is 6.44. The molecule has 5 rings (SSSR count). The molecular formula is C37H46BrN3O7. The van der Waals surface area contributed by atoms with Crippen molar-refractivity contribution in [3.8, 4) is 0 Å². The number of nitrogens with zero attached hydrogens (tertiary/aromatic N) is 2. The first-order valence-electron chi connectivity index (χ1n) is 16.8. The van der Waals surface area contributed by atoms with E-state index in [0.29, 0.717) is 24.9 Å². The Morgan fingerprint density at radius 2 is 1.92 bits per heavy atom. The van der Waals surface area contributed by atoms with Crippen LogP contribution in [0.1, 0.15) is 46.5 Å². The molecule has 0 aromatic heterocycles. The number of nitrogens with one attached hydrogen (secondary N) is 1. The highest BCUT2D eigenvalue weighted by molar-refractivity contribution is 9.09. The van der Waals surface area contributed by atoms with Gasteiger partial charge in [-0.1, -0.05) is 78.7 Å². The number of aliphatic hydroxyl groups excluding tert-OH is 1. The van der Waals surface area contributed by atoms with Crippen molar-refractivity contribution in [2.24, 2.45) is 17.8 Å². The molecule has 3 heterocycles. The van der Waals surface area contributed by atoms with Gasteiger partial charge in [-0.15, -0.1) is 13.2 Å². The topological polar surface area (TPSA) is 125 Å². The average Bonchev–Trinajstić information content (AvgIpc) is 3.68. The number of ether oxygens (including phenoxy) is 2. The molecule has 258 valence electrons. The van der Waals surface area contributed by atoms with E-state index in [0.717, 1.165) is 10.8 Å². The van der Waals surface area contributed by atoms with Crippen LogP contribution in [0.2, 0.25) is 0 Å². The Kier molecular flexibility index (Phi) is 11.1.